The maximum atomic E-state index is 12.5. The highest BCUT2D eigenvalue weighted by molar-refractivity contribution is 5.94. The molecule has 0 aliphatic heterocycles. The summed E-state index contributed by atoms with van der Waals surface area (Å²) < 4.78 is 41.6. The molecule has 0 atom stereocenters. The van der Waals surface area contributed by atoms with E-state index in [9.17, 15) is 27.6 Å². The van der Waals surface area contributed by atoms with Crippen LogP contribution in [0.2, 0.25) is 0 Å². The molecular formula is C20H17F3N4O4. The van der Waals surface area contributed by atoms with Gasteiger partial charge in [-0.3, -0.25) is 19.0 Å². The zero-order chi connectivity index (χ0) is 22.6. The number of nitrogens with zero attached hydrogens (tertiary/aromatic N) is 3. The van der Waals surface area contributed by atoms with Crippen molar-refractivity contribution in [1.82, 2.24) is 14.5 Å². The molecule has 2 amide bonds. The van der Waals surface area contributed by atoms with E-state index < -0.39 is 29.5 Å². The van der Waals surface area contributed by atoms with Crippen LogP contribution in [0, 0.1) is 0 Å². The smallest absolute Gasteiger partial charge is 0.406 e. The molecule has 8 nitrogen and oxygen atoms in total. The molecule has 162 valence electrons. The van der Waals surface area contributed by atoms with E-state index in [1.54, 1.807) is 24.3 Å². The van der Waals surface area contributed by atoms with Gasteiger partial charge < -0.3 is 15.0 Å². The molecule has 0 unspecified atom stereocenters. The lowest BCUT2D eigenvalue weighted by atomic mass is 10.3. The van der Waals surface area contributed by atoms with Crippen LogP contribution in [0.5, 0.6) is 5.75 Å². The van der Waals surface area contributed by atoms with E-state index in [0.29, 0.717) is 11.0 Å². The second kappa shape index (κ2) is 8.86. The number of rotatable bonds is 6. The number of hydrogen-bond acceptors (Lipinski definition) is 5. The first-order valence-corrected chi connectivity index (χ1v) is 8.96. The first-order valence-electron chi connectivity index (χ1n) is 8.96. The van der Waals surface area contributed by atoms with E-state index in [2.05, 4.69) is 15.0 Å². The molecular weight excluding hydrogens is 417 g/mol. The Morgan fingerprint density at radius 2 is 1.81 bits per heavy atom. The standard InChI is InChI=1S/C20H17F3N4O4/c1-26(11-17(28)25-13-6-8-14(9-7-13)31-20(21,22)23)19(30)12-27-16-5-3-2-4-15(16)24-10-18(27)29/h2-10H,11-12H2,1H3,(H,25,28). The number of anilines is 1. The van der Waals surface area contributed by atoms with Gasteiger partial charge in [-0.15, -0.1) is 13.2 Å². The van der Waals surface area contributed by atoms with Crippen LogP contribution in [0.4, 0.5) is 18.9 Å². The number of halogens is 3. The minimum atomic E-state index is -4.81. The van der Waals surface area contributed by atoms with E-state index in [4.69, 9.17) is 0 Å². The minimum Gasteiger partial charge on any atom is -0.406 e. The van der Waals surface area contributed by atoms with Gasteiger partial charge in [-0.05, 0) is 36.4 Å². The van der Waals surface area contributed by atoms with Crippen molar-refractivity contribution in [2.24, 2.45) is 0 Å². The zero-order valence-corrected chi connectivity index (χ0v) is 16.2. The number of fused-ring (bicyclic) bond motifs is 1. The first kappa shape index (κ1) is 21.8. The van der Waals surface area contributed by atoms with Gasteiger partial charge in [0.1, 0.15) is 12.3 Å². The second-order valence-electron chi connectivity index (χ2n) is 6.54. The fourth-order valence-electron chi connectivity index (χ4n) is 2.78. The quantitative estimate of drug-likeness (QED) is 0.643. The Hall–Kier alpha value is -3.89. The van der Waals surface area contributed by atoms with Gasteiger partial charge >= 0.3 is 6.36 Å². The van der Waals surface area contributed by atoms with E-state index in [0.717, 1.165) is 23.2 Å². The maximum absolute atomic E-state index is 12.5. The SMILES string of the molecule is CN(CC(=O)Nc1ccc(OC(F)(F)F)cc1)C(=O)Cn1c(=O)cnc2ccccc21. The lowest BCUT2D eigenvalue weighted by molar-refractivity contribution is -0.274. The van der Waals surface area contributed by atoms with Crippen molar-refractivity contribution >= 4 is 28.5 Å². The number of benzene rings is 2. The third-order valence-electron chi connectivity index (χ3n) is 4.22. The lowest BCUT2D eigenvalue weighted by Gasteiger charge is -2.18. The molecule has 3 rings (SSSR count). The molecule has 1 N–H and O–H groups in total. The second-order valence-corrected chi connectivity index (χ2v) is 6.54. The molecule has 0 radical (unpaired) electrons. The Bertz CT molecular complexity index is 1160. The molecule has 0 aliphatic carbocycles. The van der Waals surface area contributed by atoms with Crippen LogP contribution in [0.15, 0.2) is 59.5 Å². The summed E-state index contributed by atoms with van der Waals surface area (Å²) in [4.78, 5) is 42.0. The van der Waals surface area contributed by atoms with E-state index >= 15 is 0 Å². The zero-order valence-electron chi connectivity index (χ0n) is 16.2. The van der Waals surface area contributed by atoms with Crippen molar-refractivity contribution in [3.05, 3.63) is 65.1 Å². The van der Waals surface area contributed by atoms with Gasteiger partial charge in [0.15, 0.2) is 0 Å². The van der Waals surface area contributed by atoms with Crippen molar-refractivity contribution < 1.29 is 27.5 Å². The number of amides is 2. The van der Waals surface area contributed by atoms with Crippen LogP contribution in [-0.4, -0.2) is 46.2 Å². The fraction of sp³-hybridized carbons (Fsp3) is 0.200. The molecule has 3 aromatic rings. The van der Waals surface area contributed by atoms with Crippen molar-refractivity contribution in [3.8, 4) is 5.75 Å². The highest BCUT2D eigenvalue weighted by Crippen LogP contribution is 2.23. The average Bonchev–Trinajstić information content (AvgIpc) is 2.70. The number of para-hydroxylation sites is 2. The largest absolute Gasteiger partial charge is 0.573 e. The van der Waals surface area contributed by atoms with Gasteiger partial charge in [0.05, 0.1) is 23.8 Å². The summed E-state index contributed by atoms with van der Waals surface area (Å²) in [6, 6.07) is 11.4. The van der Waals surface area contributed by atoms with Gasteiger partial charge in [0.25, 0.3) is 5.56 Å². The van der Waals surface area contributed by atoms with Gasteiger partial charge in [-0.1, -0.05) is 12.1 Å². The number of nitrogens with one attached hydrogen (secondary N) is 1. The number of carbonyl (C=O) groups excluding carboxylic acids is 2. The van der Waals surface area contributed by atoms with Crippen molar-refractivity contribution in [3.63, 3.8) is 0 Å². The van der Waals surface area contributed by atoms with Gasteiger partial charge in [0.2, 0.25) is 11.8 Å². The molecule has 0 saturated carbocycles. The number of likely N-dealkylation sites (N-methyl/N-ethyl adjacent to an activating group) is 1. The van der Waals surface area contributed by atoms with Crippen molar-refractivity contribution in [2.45, 2.75) is 12.9 Å². The van der Waals surface area contributed by atoms with E-state index in [1.165, 1.54) is 23.7 Å². The summed E-state index contributed by atoms with van der Waals surface area (Å²) in [7, 11) is 1.40. The van der Waals surface area contributed by atoms with Gasteiger partial charge in [0, 0.05) is 12.7 Å². The molecule has 0 fully saturated rings. The fourth-order valence-corrected chi connectivity index (χ4v) is 2.78. The highest BCUT2D eigenvalue weighted by Gasteiger charge is 2.31. The van der Waals surface area contributed by atoms with Crippen molar-refractivity contribution in [1.29, 1.82) is 0 Å². The van der Waals surface area contributed by atoms with Gasteiger partial charge in [-0.25, -0.2) is 4.98 Å². The maximum Gasteiger partial charge on any atom is 0.573 e. The Morgan fingerprint density at radius 1 is 1.13 bits per heavy atom. The third kappa shape index (κ3) is 5.81. The number of aromatic nitrogens is 2. The van der Waals surface area contributed by atoms with Crippen LogP contribution in [0.25, 0.3) is 11.0 Å². The minimum absolute atomic E-state index is 0.233. The number of hydrogen-bond donors (Lipinski definition) is 1. The predicted octanol–water partition coefficient (Wildman–Crippen LogP) is 2.39. The van der Waals surface area contributed by atoms with Crippen LogP contribution < -0.4 is 15.6 Å². The molecule has 0 aliphatic rings. The molecule has 0 spiro atoms. The summed E-state index contributed by atoms with van der Waals surface area (Å²) in [5.41, 5.74) is 0.818. The summed E-state index contributed by atoms with van der Waals surface area (Å²) in [6.45, 7) is -0.605. The normalized spacial score (nSPS) is 11.2. The number of alkyl halides is 3. The molecule has 0 saturated heterocycles. The Balaban J connectivity index is 1.61. The van der Waals surface area contributed by atoms with Gasteiger partial charge in [-0.2, -0.15) is 0 Å². The topological polar surface area (TPSA) is 93.5 Å². The Morgan fingerprint density at radius 3 is 2.48 bits per heavy atom. The Labute approximate surface area is 173 Å². The van der Waals surface area contributed by atoms with E-state index in [-0.39, 0.29) is 18.8 Å². The van der Waals surface area contributed by atoms with Crippen LogP contribution >= 0.6 is 0 Å². The summed E-state index contributed by atoms with van der Waals surface area (Å²) >= 11 is 0. The molecule has 31 heavy (non-hydrogen) atoms. The van der Waals surface area contributed by atoms with Crippen LogP contribution in [-0.2, 0) is 16.1 Å². The van der Waals surface area contributed by atoms with Crippen LogP contribution in [0.1, 0.15) is 0 Å². The van der Waals surface area contributed by atoms with E-state index in [1.807, 2.05) is 0 Å². The number of ether oxygens (including phenoxy) is 1. The molecule has 1 heterocycles. The third-order valence-corrected chi connectivity index (χ3v) is 4.22. The molecule has 1 aromatic heterocycles. The summed E-state index contributed by atoms with van der Waals surface area (Å²) in [5.74, 6) is -1.47. The van der Waals surface area contributed by atoms with Crippen LogP contribution in [0.3, 0.4) is 0 Å². The molecule has 11 heteroatoms. The molecule has 0 bridgehead atoms. The molecule has 2 aromatic carbocycles. The first-order chi connectivity index (χ1) is 14.6. The summed E-state index contributed by atoms with van der Waals surface area (Å²) in [5, 5.41) is 2.47. The lowest BCUT2D eigenvalue weighted by Crippen LogP contribution is -2.38. The average molecular weight is 434 g/mol. The van der Waals surface area contributed by atoms with Crippen molar-refractivity contribution in [2.75, 3.05) is 18.9 Å². The number of carbonyl (C=O) groups is 2. The predicted molar refractivity (Wildman–Crippen MR) is 105 cm³/mol. The highest BCUT2D eigenvalue weighted by atomic mass is 19.4. The monoisotopic (exact) mass is 434 g/mol. The Kier molecular flexibility index (Phi) is 6.23. The summed E-state index contributed by atoms with van der Waals surface area (Å²) in [6.07, 6.45) is -3.69.